The van der Waals surface area contributed by atoms with Crippen LogP contribution >= 0.6 is 11.6 Å². The normalized spacial score (nSPS) is 15.8. The highest BCUT2D eigenvalue weighted by atomic mass is 35.5. The number of rotatable bonds is 5. The smallest absolute Gasteiger partial charge is 0.296 e. The molecule has 1 atom stereocenters. The van der Waals surface area contributed by atoms with Crippen molar-refractivity contribution in [2.45, 2.75) is 23.9 Å². The van der Waals surface area contributed by atoms with Gasteiger partial charge in [0.05, 0.1) is 0 Å². The third-order valence-corrected chi connectivity index (χ3v) is 1.74. The molecule has 0 amide bonds. The maximum absolute atomic E-state index is 12.4. The van der Waals surface area contributed by atoms with E-state index in [-0.39, 0.29) is 0 Å². The molecule has 0 rings (SSSR count). The van der Waals surface area contributed by atoms with Gasteiger partial charge in [-0.15, -0.1) is 0 Å². The Morgan fingerprint density at radius 3 is 1.75 bits per heavy atom. The molecule has 0 N–H and O–H groups in total. The second-order valence-electron chi connectivity index (χ2n) is 2.62. The third kappa shape index (κ3) is 2.28. The first-order valence-electron chi connectivity index (χ1n) is 3.35. The summed E-state index contributed by atoms with van der Waals surface area (Å²) in [4.78, 5) is 19.4. The Morgan fingerprint density at radius 1 is 1.12 bits per heavy atom. The van der Waals surface area contributed by atoms with Crippen LogP contribution in [-0.2, 0) is 9.59 Å². The first kappa shape index (κ1) is 15.1. The van der Waals surface area contributed by atoms with Crippen molar-refractivity contribution in [1.29, 1.82) is 0 Å². The van der Waals surface area contributed by atoms with Crippen LogP contribution in [0.2, 0.25) is 0 Å². The van der Waals surface area contributed by atoms with Crippen LogP contribution in [-0.4, -0.2) is 35.5 Å². The number of halogens is 8. The van der Waals surface area contributed by atoms with Gasteiger partial charge >= 0.3 is 17.8 Å². The maximum Gasteiger partial charge on any atom is 0.367 e. The minimum absolute atomic E-state index is 1.70. The Kier molecular flexibility index (Phi) is 3.96. The van der Waals surface area contributed by atoms with Gasteiger partial charge in [0.1, 0.15) is 0 Å². The average Bonchev–Trinajstić information content (AvgIpc) is 2.15. The van der Waals surface area contributed by atoms with Crippen molar-refractivity contribution in [2.24, 2.45) is 0 Å². The summed E-state index contributed by atoms with van der Waals surface area (Å²) in [6.45, 7) is 0. The molecule has 0 saturated carbocycles. The van der Waals surface area contributed by atoms with Gasteiger partial charge in [-0.25, -0.2) is 4.39 Å². The van der Waals surface area contributed by atoms with Gasteiger partial charge in [0.15, 0.2) is 6.29 Å². The van der Waals surface area contributed by atoms with E-state index in [0.29, 0.717) is 0 Å². The number of carbonyl (C=O) groups is 2. The molecule has 0 radical (unpaired) electrons. The van der Waals surface area contributed by atoms with Gasteiger partial charge < -0.3 is 0 Å². The summed E-state index contributed by atoms with van der Waals surface area (Å²) >= 11 is 4.07. The molecule has 10 heteroatoms. The van der Waals surface area contributed by atoms with E-state index in [1.807, 2.05) is 0 Å². The summed E-state index contributed by atoms with van der Waals surface area (Å²) in [5, 5.41) is -2.87. The van der Waals surface area contributed by atoms with Crippen LogP contribution in [0, 0.1) is 0 Å². The predicted molar refractivity (Wildman–Crippen MR) is 36.7 cm³/mol. The molecule has 0 fully saturated rings. The SMILES string of the molecule is O=CC(F)(F)C(F)(F)C(F)C(F)(F)C(=O)Cl. The molecule has 0 heterocycles. The van der Waals surface area contributed by atoms with E-state index in [2.05, 4.69) is 11.6 Å². The second-order valence-corrected chi connectivity index (χ2v) is 2.97. The fourth-order valence-corrected chi connectivity index (χ4v) is 0.671. The molecule has 0 aliphatic carbocycles. The van der Waals surface area contributed by atoms with Crippen LogP contribution in [0.15, 0.2) is 0 Å². The van der Waals surface area contributed by atoms with Gasteiger partial charge in [-0.05, 0) is 11.6 Å². The Bertz CT molecular complexity index is 303. The number of aldehydes is 1. The van der Waals surface area contributed by atoms with Crippen LogP contribution in [0.4, 0.5) is 30.7 Å². The third-order valence-electron chi connectivity index (χ3n) is 1.49. The molecular formula is C6H2ClF7O2. The highest BCUT2D eigenvalue weighted by Gasteiger charge is 2.70. The summed E-state index contributed by atoms with van der Waals surface area (Å²) in [6, 6.07) is 0. The lowest BCUT2D eigenvalue weighted by molar-refractivity contribution is -0.255. The Labute approximate surface area is 88.3 Å². The molecule has 0 aromatic carbocycles. The van der Waals surface area contributed by atoms with Crippen LogP contribution in [0.1, 0.15) is 0 Å². The maximum atomic E-state index is 12.4. The fraction of sp³-hybridized carbons (Fsp3) is 0.667. The van der Waals surface area contributed by atoms with Gasteiger partial charge in [0.2, 0.25) is 6.17 Å². The van der Waals surface area contributed by atoms with E-state index < -0.39 is 35.5 Å². The van der Waals surface area contributed by atoms with E-state index in [9.17, 15) is 40.3 Å². The van der Waals surface area contributed by atoms with E-state index in [0.717, 1.165) is 0 Å². The Hall–Kier alpha value is -0.860. The van der Waals surface area contributed by atoms with Crippen LogP contribution in [0.25, 0.3) is 0 Å². The van der Waals surface area contributed by atoms with Crippen LogP contribution in [0.3, 0.4) is 0 Å². The highest BCUT2D eigenvalue weighted by molar-refractivity contribution is 6.65. The van der Waals surface area contributed by atoms with E-state index in [1.165, 1.54) is 0 Å². The van der Waals surface area contributed by atoms with Crippen molar-refractivity contribution in [3.8, 4) is 0 Å². The number of hydrogen-bond acceptors (Lipinski definition) is 2. The zero-order chi connectivity index (χ0) is 13.4. The molecule has 1 unspecified atom stereocenters. The largest absolute Gasteiger partial charge is 0.367 e. The van der Waals surface area contributed by atoms with Gasteiger partial charge in [0, 0.05) is 0 Å². The second kappa shape index (κ2) is 4.19. The minimum Gasteiger partial charge on any atom is -0.296 e. The molecule has 0 saturated heterocycles. The topological polar surface area (TPSA) is 34.1 Å². The van der Waals surface area contributed by atoms with Gasteiger partial charge in [0.25, 0.3) is 5.24 Å². The fourth-order valence-electron chi connectivity index (χ4n) is 0.575. The van der Waals surface area contributed by atoms with Crippen LogP contribution < -0.4 is 0 Å². The summed E-state index contributed by atoms with van der Waals surface area (Å²) in [7, 11) is 0. The standard InChI is InChI=1S/C6H2ClF7O2/c7-3(16)5(11,12)2(8)6(13,14)4(9,10)1-15/h1-2H. The lowest BCUT2D eigenvalue weighted by atomic mass is 10.0. The quantitative estimate of drug-likeness (QED) is 0.437. The van der Waals surface area contributed by atoms with Crippen molar-refractivity contribution in [2.75, 3.05) is 0 Å². The van der Waals surface area contributed by atoms with Crippen molar-refractivity contribution < 1.29 is 40.3 Å². The lowest BCUT2D eigenvalue weighted by Crippen LogP contribution is -2.57. The lowest BCUT2D eigenvalue weighted by Gasteiger charge is -2.28. The van der Waals surface area contributed by atoms with Gasteiger partial charge in [-0.1, -0.05) is 0 Å². The molecule has 0 bridgehead atoms. The van der Waals surface area contributed by atoms with Gasteiger partial charge in [-0.2, -0.15) is 26.3 Å². The highest BCUT2D eigenvalue weighted by Crippen LogP contribution is 2.43. The van der Waals surface area contributed by atoms with Gasteiger partial charge in [-0.3, -0.25) is 9.59 Å². The first-order chi connectivity index (χ1) is 6.91. The molecule has 0 aliphatic heterocycles. The Morgan fingerprint density at radius 2 is 1.50 bits per heavy atom. The molecule has 0 aliphatic rings. The number of alkyl halides is 7. The zero-order valence-electron chi connectivity index (χ0n) is 6.99. The summed E-state index contributed by atoms with van der Waals surface area (Å²) in [5.41, 5.74) is 0. The number of hydrogen-bond donors (Lipinski definition) is 0. The monoisotopic (exact) mass is 274 g/mol. The average molecular weight is 275 g/mol. The number of carbonyl (C=O) groups excluding carboxylic acids is 2. The van der Waals surface area contributed by atoms with Crippen molar-refractivity contribution in [1.82, 2.24) is 0 Å². The first-order valence-corrected chi connectivity index (χ1v) is 3.72. The molecular weight excluding hydrogens is 273 g/mol. The zero-order valence-corrected chi connectivity index (χ0v) is 7.75. The predicted octanol–water partition coefficient (Wildman–Crippen LogP) is 2.19. The summed E-state index contributed by atoms with van der Waals surface area (Å²) in [5.74, 6) is -17.3. The van der Waals surface area contributed by atoms with E-state index >= 15 is 0 Å². The van der Waals surface area contributed by atoms with Crippen LogP contribution in [0.5, 0.6) is 0 Å². The minimum atomic E-state index is -6.05. The van der Waals surface area contributed by atoms with E-state index in [4.69, 9.17) is 0 Å². The van der Waals surface area contributed by atoms with Crippen molar-refractivity contribution in [3.63, 3.8) is 0 Å². The van der Waals surface area contributed by atoms with Crippen molar-refractivity contribution >= 4 is 23.1 Å². The molecule has 2 nitrogen and oxygen atoms in total. The molecule has 16 heavy (non-hydrogen) atoms. The Balaban J connectivity index is 5.34. The molecule has 0 spiro atoms. The molecule has 0 aromatic rings. The molecule has 94 valence electrons. The summed E-state index contributed by atoms with van der Waals surface area (Å²) < 4.78 is 86.1. The van der Waals surface area contributed by atoms with E-state index in [1.54, 1.807) is 0 Å². The summed E-state index contributed by atoms with van der Waals surface area (Å²) in [6.07, 6.45) is -6.61. The van der Waals surface area contributed by atoms with Crippen molar-refractivity contribution in [3.05, 3.63) is 0 Å². The molecule has 0 aromatic heterocycles.